The second kappa shape index (κ2) is 7.62. The molecule has 28 heavy (non-hydrogen) atoms. The Kier molecular flexibility index (Phi) is 5.57. The Balaban J connectivity index is 2.04. The van der Waals surface area contributed by atoms with Gasteiger partial charge in [-0.15, -0.1) is 0 Å². The number of nitrogens with zero attached hydrogens (tertiary/aromatic N) is 3. The first kappa shape index (κ1) is 20.5. The third-order valence-corrected chi connectivity index (χ3v) is 5.31. The maximum Gasteiger partial charge on any atom is 0.257 e. The van der Waals surface area contributed by atoms with E-state index in [0.717, 1.165) is 18.9 Å². The molecule has 2 atom stereocenters. The molecule has 1 aromatic carbocycles. The predicted octanol–water partition coefficient (Wildman–Crippen LogP) is 3.78. The van der Waals surface area contributed by atoms with Crippen LogP contribution in [0.5, 0.6) is 0 Å². The number of carbonyl (C=O) groups is 1. The minimum absolute atomic E-state index is 0.00177. The largest absolute Gasteiger partial charge is 0.338 e. The highest BCUT2D eigenvalue weighted by atomic mass is 19.1. The van der Waals surface area contributed by atoms with Crippen molar-refractivity contribution in [2.24, 2.45) is 11.7 Å². The van der Waals surface area contributed by atoms with Gasteiger partial charge >= 0.3 is 0 Å². The molecule has 0 saturated carbocycles. The van der Waals surface area contributed by atoms with Crippen molar-refractivity contribution in [3.63, 3.8) is 0 Å². The van der Waals surface area contributed by atoms with Crippen LogP contribution in [0.2, 0.25) is 0 Å². The van der Waals surface area contributed by atoms with Crippen molar-refractivity contribution in [2.75, 3.05) is 13.1 Å². The average Bonchev–Trinajstić information content (AvgIpc) is 3.06. The Hall–Kier alpha value is -2.28. The van der Waals surface area contributed by atoms with E-state index < -0.39 is 11.6 Å². The number of amides is 1. The molecule has 7 heteroatoms. The van der Waals surface area contributed by atoms with E-state index in [0.29, 0.717) is 18.7 Å². The molecular formula is C21H28F2N4O. The van der Waals surface area contributed by atoms with Gasteiger partial charge in [0.2, 0.25) is 0 Å². The number of piperidine rings is 1. The molecule has 1 aromatic heterocycles. The standard InChI is InChI=1S/C21H28F2N4O/c1-13(24)14-6-5-9-26(11-14)20(28)17-12-27(21(2,3)4)25-19(17)16-8-7-15(22)10-18(16)23/h7-8,10,12-14H,5-6,9,11,24H2,1-4H3/t13-,14+/m0/s1. The highest BCUT2D eigenvalue weighted by Crippen LogP contribution is 2.30. The van der Waals surface area contributed by atoms with Crippen molar-refractivity contribution in [1.29, 1.82) is 0 Å². The van der Waals surface area contributed by atoms with Gasteiger partial charge in [0.25, 0.3) is 5.91 Å². The molecule has 1 amide bonds. The maximum absolute atomic E-state index is 14.5. The minimum Gasteiger partial charge on any atom is -0.338 e. The quantitative estimate of drug-likeness (QED) is 0.867. The molecule has 1 aliphatic rings. The third kappa shape index (κ3) is 4.09. The monoisotopic (exact) mass is 390 g/mol. The smallest absolute Gasteiger partial charge is 0.257 e. The number of likely N-dealkylation sites (tertiary alicyclic amines) is 1. The van der Waals surface area contributed by atoms with E-state index in [1.165, 1.54) is 12.1 Å². The molecule has 2 aromatic rings. The fourth-order valence-electron chi connectivity index (χ4n) is 3.55. The van der Waals surface area contributed by atoms with Crippen LogP contribution in [-0.4, -0.2) is 39.7 Å². The molecular weight excluding hydrogens is 362 g/mol. The Bertz CT molecular complexity index is 870. The number of benzene rings is 1. The van der Waals surface area contributed by atoms with Gasteiger partial charge in [-0.25, -0.2) is 8.78 Å². The van der Waals surface area contributed by atoms with Crippen molar-refractivity contribution in [1.82, 2.24) is 14.7 Å². The predicted molar refractivity (Wildman–Crippen MR) is 105 cm³/mol. The number of hydrogen-bond acceptors (Lipinski definition) is 3. The number of aromatic nitrogens is 2. The molecule has 0 aliphatic carbocycles. The minimum atomic E-state index is -0.736. The topological polar surface area (TPSA) is 64.2 Å². The summed E-state index contributed by atoms with van der Waals surface area (Å²) in [5.41, 5.74) is 6.34. The van der Waals surface area contributed by atoms with Crippen LogP contribution >= 0.6 is 0 Å². The SMILES string of the molecule is C[C@H](N)[C@@H]1CCCN(C(=O)c2cn(C(C)(C)C)nc2-c2ccc(F)cc2F)C1. The van der Waals surface area contributed by atoms with E-state index in [2.05, 4.69) is 5.10 Å². The number of nitrogens with two attached hydrogens (primary N) is 1. The molecule has 1 aliphatic heterocycles. The molecule has 0 spiro atoms. The third-order valence-electron chi connectivity index (χ3n) is 5.31. The molecule has 0 unspecified atom stereocenters. The van der Waals surface area contributed by atoms with E-state index in [-0.39, 0.29) is 34.7 Å². The molecule has 2 N–H and O–H groups in total. The zero-order valence-corrected chi connectivity index (χ0v) is 16.9. The summed E-state index contributed by atoms with van der Waals surface area (Å²) in [5, 5.41) is 4.49. The summed E-state index contributed by atoms with van der Waals surface area (Å²) in [6.45, 7) is 9.01. The normalized spacial score (nSPS) is 19.0. The lowest BCUT2D eigenvalue weighted by Gasteiger charge is -2.34. The summed E-state index contributed by atoms with van der Waals surface area (Å²) in [5.74, 6) is -1.36. The molecule has 0 bridgehead atoms. The average molecular weight is 390 g/mol. The highest BCUT2D eigenvalue weighted by Gasteiger charge is 2.31. The van der Waals surface area contributed by atoms with Gasteiger partial charge in [-0.05, 0) is 58.6 Å². The van der Waals surface area contributed by atoms with E-state index in [1.807, 2.05) is 27.7 Å². The van der Waals surface area contributed by atoms with Crippen LogP contribution in [0.15, 0.2) is 24.4 Å². The first-order valence-electron chi connectivity index (χ1n) is 9.68. The van der Waals surface area contributed by atoms with Gasteiger partial charge in [0, 0.05) is 37.0 Å². The zero-order chi connectivity index (χ0) is 20.6. The van der Waals surface area contributed by atoms with Gasteiger partial charge in [-0.2, -0.15) is 5.10 Å². The van der Waals surface area contributed by atoms with Gasteiger partial charge < -0.3 is 10.6 Å². The van der Waals surface area contributed by atoms with Crippen LogP contribution < -0.4 is 5.73 Å². The van der Waals surface area contributed by atoms with Crippen LogP contribution in [0.1, 0.15) is 50.9 Å². The molecule has 1 fully saturated rings. The number of carbonyl (C=O) groups excluding carboxylic acids is 1. The summed E-state index contributed by atoms with van der Waals surface area (Å²) in [6.07, 6.45) is 3.53. The molecule has 0 radical (unpaired) electrons. The van der Waals surface area contributed by atoms with Gasteiger partial charge in [-0.1, -0.05) is 0 Å². The van der Waals surface area contributed by atoms with Crippen LogP contribution in [0.25, 0.3) is 11.3 Å². The number of rotatable bonds is 3. The van der Waals surface area contributed by atoms with E-state index in [9.17, 15) is 13.6 Å². The van der Waals surface area contributed by atoms with Crippen LogP contribution in [0, 0.1) is 17.6 Å². The van der Waals surface area contributed by atoms with Crippen molar-refractivity contribution >= 4 is 5.91 Å². The fourth-order valence-corrected chi connectivity index (χ4v) is 3.55. The maximum atomic E-state index is 14.5. The van der Waals surface area contributed by atoms with Crippen molar-refractivity contribution in [3.05, 3.63) is 41.6 Å². The number of halogens is 2. The molecule has 152 valence electrons. The molecule has 5 nitrogen and oxygen atoms in total. The van der Waals surface area contributed by atoms with Gasteiger partial charge in [0.15, 0.2) is 0 Å². The van der Waals surface area contributed by atoms with Gasteiger partial charge in [0.1, 0.15) is 17.3 Å². The summed E-state index contributed by atoms with van der Waals surface area (Å²) >= 11 is 0. The van der Waals surface area contributed by atoms with E-state index in [4.69, 9.17) is 5.73 Å². The van der Waals surface area contributed by atoms with Crippen LogP contribution in [-0.2, 0) is 5.54 Å². The Labute approximate surface area is 164 Å². The number of hydrogen-bond donors (Lipinski definition) is 1. The lowest BCUT2D eigenvalue weighted by Crippen LogP contribution is -2.45. The Morgan fingerprint density at radius 3 is 2.64 bits per heavy atom. The van der Waals surface area contributed by atoms with Gasteiger partial charge in [-0.3, -0.25) is 9.48 Å². The molecule has 2 heterocycles. The van der Waals surface area contributed by atoms with Gasteiger partial charge in [0.05, 0.1) is 11.1 Å². The summed E-state index contributed by atoms with van der Waals surface area (Å²) in [7, 11) is 0. The zero-order valence-electron chi connectivity index (χ0n) is 16.9. The summed E-state index contributed by atoms with van der Waals surface area (Å²) in [4.78, 5) is 15.1. The summed E-state index contributed by atoms with van der Waals surface area (Å²) in [6, 6.07) is 3.32. The lowest BCUT2D eigenvalue weighted by molar-refractivity contribution is 0.0661. The fraction of sp³-hybridized carbons (Fsp3) is 0.524. The molecule has 1 saturated heterocycles. The second-order valence-corrected chi connectivity index (χ2v) is 8.64. The first-order valence-corrected chi connectivity index (χ1v) is 9.68. The Morgan fingerprint density at radius 2 is 2.04 bits per heavy atom. The molecule has 3 rings (SSSR count). The highest BCUT2D eigenvalue weighted by molar-refractivity contribution is 6.00. The van der Waals surface area contributed by atoms with Crippen LogP contribution in [0.4, 0.5) is 8.78 Å². The Morgan fingerprint density at radius 1 is 1.32 bits per heavy atom. The second-order valence-electron chi connectivity index (χ2n) is 8.64. The van der Waals surface area contributed by atoms with Crippen molar-refractivity contribution in [3.8, 4) is 11.3 Å². The van der Waals surface area contributed by atoms with Crippen LogP contribution in [0.3, 0.4) is 0 Å². The summed E-state index contributed by atoms with van der Waals surface area (Å²) < 4.78 is 29.5. The van der Waals surface area contributed by atoms with Crippen molar-refractivity contribution in [2.45, 2.75) is 52.1 Å². The first-order chi connectivity index (χ1) is 13.1. The lowest BCUT2D eigenvalue weighted by atomic mass is 9.91. The van der Waals surface area contributed by atoms with Crippen molar-refractivity contribution < 1.29 is 13.6 Å². The van der Waals surface area contributed by atoms with E-state index >= 15 is 0 Å². The van der Waals surface area contributed by atoms with E-state index in [1.54, 1.807) is 15.8 Å².